The molecule has 254 valence electrons. The van der Waals surface area contributed by atoms with Gasteiger partial charge in [-0.05, 0) is 37.4 Å². The number of ether oxygens (including phenoxy) is 2. The summed E-state index contributed by atoms with van der Waals surface area (Å²) in [4.78, 5) is 22.0. The molecule has 4 heterocycles. The van der Waals surface area contributed by atoms with Crippen LogP contribution in [-0.4, -0.2) is 29.5 Å². The normalized spacial score (nSPS) is 10.8. The minimum absolute atomic E-state index is 0. The predicted octanol–water partition coefficient (Wildman–Crippen LogP) is 9.11. The summed E-state index contributed by atoms with van der Waals surface area (Å²) in [6, 6.07) is 37.6. The van der Waals surface area contributed by atoms with Gasteiger partial charge in [-0.25, -0.2) is 15.0 Å². The fraction of sp³-hybridized carbons (Fsp3) is 0.0976. The molecule has 0 saturated carbocycles. The molecule has 8 aromatic rings. The van der Waals surface area contributed by atoms with Crippen LogP contribution in [0.3, 0.4) is 0 Å². The van der Waals surface area contributed by atoms with Gasteiger partial charge in [-0.15, -0.1) is 59.7 Å². The van der Waals surface area contributed by atoms with Gasteiger partial charge < -0.3 is 24.0 Å². The van der Waals surface area contributed by atoms with E-state index in [4.69, 9.17) is 9.47 Å². The van der Waals surface area contributed by atoms with Gasteiger partial charge in [0.05, 0.1) is 0 Å². The zero-order chi connectivity index (χ0) is 33.5. The number of hydrogen-bond donors (Lipinski definition) is 0. The fourth-order valence-corrected chi connectivity index (χ4v) is 5.68. The monoisotopic (exact) mass is 1030 g/mol. The van der Waals surface area contributed by atoms with Crippen LogP contribution in [0, 0.1) is 52.0 Å². The molecule has 0 saturated heterocycles. The maximum absolute atomic E-state index is 6.42. The van der Waals surface area contributed by atoms with Crippen LogP contribution in [0.4, 0.5) is 0 Å². The van der Waals surface area contributed by atoms with Gasteiger partial charge in [-0.1, -0.05) is 71.4 Å². The Kier molecular flexibility index (Phi) is 10.6. The van der Waals surface area contributed by atoms with E-state index in [9.17, 15) is 0 Å². The fourth-order valence-electron chi connectivity index (χ4n) is 5.68. The Labute approximate surface area is 324 Å². The second kappa shape index (κ2) is 15.1. The smallest absolute Gasteiger partial charge is 0.503 e. The summed E-state index contributed by atoms with van der Waals surface area (Å²) in [6.07, 6.45) is 6.53. The molecule has 4 aromatic carbocycles. The van der Waals surface area contributed by atoms with Crippen LogP contribution in [0.5, 0.6) is 23.0 Å². The second-order valence-corrected chi connectivity index (χ2v) is 11.9. The van der Waals surface area contributed by atoms with E-state index in [1.165, 1.54) is 12.7 Å². The van der Waals surface area contributed by atoms with Crippen LogP contribution in [0.25, 0.3) is 50.3 Å². The summed E-state index contributed by atoms with van der Waals surface area (Å²) in [5.74, 6) is 2.64. The van der Waals surface area contributed by atoms with E-state index in [0.29, 0.717) is 28.9 Å². The molecule has 0 fully saturated rings. The van der Waals surface area contributed by atoms with Crippen molar-refractivity contribution in [2.45, 2.75) is 27.7 Å². The van der Waals surface area contributed by atoms with Gasteiger partial charge in [0.25, 0.3) is 0 Å². The Hall–Kier alpha value is -5.03. The molecular weight excluding hydrogens is 999 g/mol. The van der Waals surface area contributed by atoms with Crippen molar-refractivity contribution in [2.75, 3.05) is 0 Å². The largest absolute Gasteiger partial charge is 2.00 e. The molecule has 0 aliphatic rings. The van der Waals surface area contributed by atoms with Crippen LogP contribution in [0.1, 0.15) is 22.3 Å². The molecule has 0 atom stereocenters. The number of nitrogens with zero attached hydrogens (tertiary/aromatic N) is 6. The van der Waals surface area contributed by atoms with Crippen molar-refractivity contribution in [3.63, 3.8) is 0 Å². The van der Waals surface area contributed by atoms with Gasteiger partial charge >= 0.3 is 42.1 Å². The van der Waals surface area contributed by atoms with Crippen molar-refractivity contribution in [1.82, 2.24) is 29.5 Å². The average molecular weight is 1030 g/mol. The van der Waals surface area contributed by atoms with Crippen molar-refractivity contribution in [3.8, 4) is 51.5 Å². The van der Waals surface area contributed by atoms with E-state index in [1.54, 1.807) is 12.4 Å². The second-order valence-electron chi connectivity index (χ2n) is 11.9. The first-order valence-electron chi connectivity index (χ1n) is 15.7. The van der Waals surface area contributed by atoms with Gasteiger partial charge in [-0.3, -0.25) is 0 Å². The van der Waals surface area contributed by atoms with Crippen LogP contribution in [-0.2, 0) is 42.1 Å². The van der Waals surface area contributed by atoms with E-state index in [-0.39, 0.29) is 42.1 Å². The molecule has 0 N–H and O–H groups in total. The summed E-state index contributed by atoms with van der Waals surface area (Å²) in [5, 5.41) is 1.86. The molecule has 8 nitrogen and oxygen atoms in total. The number of benzene rings is 4. The molecule has 0 amide bonds. The molecule has 51 heavy (non-hydrogen) atoms. The third-order valence-corrected chi connectivity index (χ3v) is 8.23. The van der Waals surface area contributed by atoms with Gasteiger partial charge in [0.15, 0.2) is 0 Å². The number of aryl methyl sites for hydroxylation is 4. The summed E-state index contributed by atoms with van der Waals surface area (Å²) in [6.45, 7) is 8.06. The quantitative estimate of drug-likeness (QED) is 0.147. The minimum Gasteiger partial charge on any atom is -0.503 e. The summed E-state index contributed by atoms with van der Waals surface area (Å²) in [7, 11) is 0. The molecule has 0 unspecified atom stereocenters. The first-order chi connectivity index (χ1) is 23.9. The molecular formula is C41H28N6O2Pt2. The molecule has 0 aliphatic carbocycles. The van der Waals surface area contributed by atoms with E-state index < -0.39 is 0 Å². The van der Waals surface area contributed by atoms with Crippen molar-refractivity contribution in [3.05, 3.63) is 144 Å². The van der Waals surface area contributed by atoms with Gasteiger partial charge in [-0.2, -0.15) is 22.9 Å². The van der Waals surface area contributed by atoms with Crippen molar-refractivity contribution in [1.29, 1.82) is 0 Å². The zero-order valence-corrected chi connectivity index (χ0v) is 32.4. The van der Waals surface area contributed by atoms with E-state index in [0.717, 1.165) is 66.6 Å². The third kappa shape index (κ3) is 7.26. The van der Waals surface area contributed by atoms with E-state index in [2.05, 4.69) is 49.2 Å². The number of fused-ring (bicyclic) bond motifs is 3. The SMILES string of the molecule is Cc1ccnc(-c2[c-]c(Oc3[c-]c4c(cc3)c3ccc(Oc5[c-]c(-c6cc(C)ccn6)ccc5C)[c-]c3n4-c3ncncn3)c(C)cc2)c1.[Pt+2].[Pt+2]. The Morgan fingerprint density at radius 2 is 1.00 bits per heavy atom. The zero-order valence-electron chi connectivity index (χ0n) is 27.9. The Bertz CT molecular complexity index is 2370. The van der Waals surface area contributed by atoms with E-state index in [1.807, 2.05) is 105 Å². The number of pyridine rings is 2. The first-order valence-corrected chi connectivity index (χ1v) is 15.7. The average Bonchev–Trinajstić information content (AvgIpc) is 3.43. The molecule has 0 aliphatic heterocycles. The molecule has 0 spiro atoms. The summed E-state index contributed by atoms with van der Waals surface area (Å²) in [5.41, 5.74) is 8.92. The molecule has 4 aromatic heterocycles. The Morgan fingerprint density at radius 1 is 0.529 bits per heavy atom. The molecule has 0 radical (unpaired) electrons. The van der Waals surface area contributed by atoms with Crippen molar-refractivity contribution in [2.24, 2.45) is 0 Å². The maximum Gasteiger partial charge on any atom is 2.00 e. The van der Waals surface area contributed by atoms with Gasteiger partial charge in [0.1, 0.15) is 12.7 Å². The third-order valence-electron chi connectivity index (χ3n) is 8.23. The Morgan fingerprint density at radius 3 is 1.45 bits per heavy atom. The first kappa shape index (κ1) is 35.8. The Balaban J connectivity index is 0.00000224. The summed E-state index contributed by atoms with van der Waals surface area (Å²) < 4.78 is 14.7. The number of rotatable bonds is 7. The van der Waals surface area contributed by atoms with Crippen LogP contribution in [0.15, 0.2) is 97.8 Å². The summed E-state index contributed by atoms with van der Waals surface area (Å²) >= 11 is 0. The van der Waals surface area contributed by atoms with Crippen LogP contribution >= 0.6 is 0 Å². The number of aromatic nitrogens is 6. The van der Waals surface area contributed by atoms with Gasteiger partial charge in [0, 0.05) is 35.4 Å². The van der Waals surface area contributed by atoms with E-state index >= 15 is 0 Å². The van der Waals surface area contributed by atoms with Crippen LogP contribution < -0.4 is 9.47 Å². The topological polar surface area (TPSA) is 87.8 Å². The van der Waals surface area contributed by atoms with Crippen LogP contribution in [0.2, 0.25) is 0 Å². The van der Waals surface area contributed by atoms with Crippen molar-refractivity contribution >= 4 is 21.8 Å². The predicted molar refractivity (Wildman–Crippen MR) is 188 cm³/mol. The maximum atomic E-state index is 6.42. The van der Waals surface area contributed by atoms with Gasteiger partial charge in [0.2, 0.25) is 5.95 Å². The molecule has 8 rings (SSSR count). The molecule has 0 bridgehead atoms. The molecule has 10 heteroatoms. The van der Waals surface area contributed by atoms with Crippen molar-refractivity contribution < 1.29 is 51.6 Å². The number of hydrogen-bond acceptors (Lipinski definition) is 7. The minimum atomic E-state index is 0. The standard InChI is InChI=1S/C41H28N6O2.2Pt/c1-25-13-15-43-35(17-25)29-7-5-27(3)39(19-29)48-31-9-11-33-34-12-10-32(22-38(34)47(37(33)21-31)41-45-23-42-24-46-41)49-40-20-30(8-6-28(40)4)36-18-26(2)14-16-44-36;;/h5-18,23-24H,1-4H3;;/q-4;2*+2.